The fourth-order valence-corrected chi connectivity index (χ4v) is 35.8. The first-order chi connectivity index (χ1) is 56.0. The van der Waals surface area contributed by atoms with Crippen LogP contribution in [0.5, 0.6) is 0 Å². The van der Waals surface area contributed by atoms with Crippen molar-refractivity contribution in [2.45, 2.75) is 445 Å². The van der Waals surface area contributed by atoms with Crippen LogP contribution in [0.4, 0.5) is 0 Å². The molecule has 123 heavy (non-hydrogen) atoms. The minimum absolute atomic E-state index is 0. The predicted octanol–water partition coefficient (Wildman–Crippen LogP) is 25.5. The molecular weight excluding hydrogens is 1570 g/mol. The summed E-state index contributed by atoms with van der Waals surface area (Å²) in [6.45, 7) is 46.9. The number of carbonyl (C=O) groups is 3. The van der Waals surface area contributed by atoms with Gasteiger partial charge in [-0.1, -0.05) is 158 Å². The van der Waals surface area contributed by atoms with E-state index in [-0.39, 0.29) is 78.4 Å². The summed E-state index contributed by atoms with van der Waals surface area (Å²) >= 11 is 6.15. The second-order valence-corrected chi connectivity index (χ2v) is 57.1. The second kappa shape index (κ2) is 44.5. The summed E-state index contributed by atoms with van der Waals surface area (Å²) in [5.74, 6) is 21.7. The van der Waals surface area contributed by atoms with Gasteiger partial charge in [-0.15, -0.1) is 0 Å². The fraction of sp³-hybridized carbons (Fsp3) is 0.972. The van der Waals surface area contributed by atoms with Gasteiger partial charge in [-0.25, -0.2) is 0 Å². The summed E-state index contributed by atoms with van der Waals surface area (Å²) in [5.41, 5.74) is 4.23. The van der Waals surface area contributed by atoms with Gasteiger partial charge >= 0.3 is 47.5 Å². The number of carbonyl (C=O) groups excluding carboxylic acids is 2. The molecule has 709 valence electrons. The van der Waals surface area contributed by atoms with Gasteiger partial charge in [-0.3, -0.25) is 14.4 Å². The number of halogens is 1. The molecular formula is C109H198BClNaO10Si. The predicted molar refractivity (Wildman–Crippen MR) is 515 cm³/mol. The Morgan fingerprint density at radius 2 is 0.634 bits per heavy atom. The van der Waals surface area contributed by atoms with Gasteiger partial charge in [0.2, 0.25) is 0 Å². The maximum Gasteiger partial charge on any atom is 1.00 e. The topological polar surface area (TPSA) is 171 Å². The number of methoxy groups -OCH3 is 2. The average molecular weight is 1770 g/mol. The number of aliphatic hydroxyl groups excluding tert-OH is 4. The fourth-order valence-electron chi connectivity index (χ4n) is 35.8. The molecule has 16 saturated carbocycles. The molecule has 0 unspecified atom stereocenters. The molecule has 0 aromatic rings. The molecule has 14 heteroatoms. The van der Waals surface area contributed by atoms with Crippen molar-refractivity contribution < 1.29 is 80.4 Å². The van der Waals surface area contributed by atoms with Crippen LogP contribution < -0.4 is 29.6 Å². The van der Waals surface area contributed by atoms with Gasteiger partial charge in [-0.2, -0.15) is 11.1 Å². The Hall–Kier alpha value is -0.178. The van der Waals surface area contributed by atoms with Crippen LogP contribution in [0.3, 0.4) is 0 Å². The number of hydrogen-bond acceptors (Lipinski definition) is 9. The Bertz CT molecular complexity index is 3170. The smallest absolute Gasteiger partial charge is 1.00 e. The molecule has 16 fully saturated rings. The van der Waals surface area contributed by atoms with Crippen LogP contribution in [-0.4, -0.2) is 99.4 Å². The van der Waals surface area contributed by atoms with E-state index in [0.29, 0.717) is 97.9 Å². The van der Waals surface area contributed by atoms with E-state index in [9.17, 15) is 29.7 Å². The summed E-state index contributed by atoms with van der Waals surface area (Å²) in [4.78, 5) is 34.3. The van der Waals surface area contributed by atoms with Crippen molar-refractivity contribution in [2.24, 2.45) is 197 Å². The Kier molecular flexibility index (Phi) is 39.8. The molecule has 0 amide bonds. The van der Waals surface area contributed by atoms with Gasteiger partial charge in [-0.05, 0) is 453 Å². The third-order valence-electron chi connectivity index (χ3n) is 43.7. The normalized spacial score (nSPS) is 45.3. The van der Waals surface area contributed by atoms with E-state index in [4.69, 9.17) is 30.8 Å². The summed E-state index contributed by atoms with van der Waals surface area (Å²) in [6, 6.07) is 0. The van der Waals surface area contributed by atoms with Gasteiger partial charge in [0.25, 0.3) is 0 Å². The van der Waals surface area contributed by atoms with E-state index in [1.165, 1.54) is 226 Å². The van der Waals surface area contributed by atoms with Crippen LogP contribution in [0.1, 0.15) is 416 Å². The molecule has 0 aliphatic heterocycles. The van der Waals surface area contributed by atoms with Crippen LogP contribution in [0, 0.1) is 197 Å². The van der Waals surface area contributed by atoms with Crippen molar-refractivity contribution >= 4 is 44.8 Å². The van der Waals surface area contributed by atoms with Crippen molar-refractivity contribution in [1.29, 1.82) is 0 Å². The average Bonchev–Trinajstić information content (AvgIpc) is 1.51. The maximum absolute atomic E-state index is 11.7. The Morgan fingerprint density at radius 3 is 0.886 bits per heavy atom. The maximum atomic E-state index is 11.7. The molecule has 0 bridgehead atoms. The van der Waals surface area contributed by atoms with E-state index < -0.39 is 13.4 Å². The van der Waals surface area contributed by atoms with Gasteiger partial charge < -0.3 is 36.4 Å². The first-order valence-corrected chi connectivity index (χ1v) is 55.5. The zero-order chi connectivity index (χ0) is 87.1. The molecule has 16 aliphatic carbocycles. The summed E-state index contributed by atoms with van der Waals surface area (Å²) in [6.07, 6.45) is 56.1. The Morgan fingerprint density at radius 1 is 0.398 bits per heavy atom. The van der Waals surface area contributed by atoms with Gasteiger partial charge in [0.15, 0.2) is 7.38 Å². The molecule has 3 radical (unpaired) electrons. The van der Waals surface area contributed by atoms with E-state index in [1.54, 1.807) is 0 Å². The van der Waals surface area contributed by atoms with Crippen LogP contribution >= 0.6 is 11.1 Å². The number of rotatable bonds is 16. The van der Waals surface area contributed by atoms with E-state index in [0.717, 1.165) is 189 Å². The van der Waals surface area contributed by atoms with Crippen LogP contribution in [0.2, 0.25) is 18.1 Å². The molecule has 16 aliphatic rings. The molecule has 10 nitrogen and oxygen atoms in total. The minimum Gasteiger partial charge on any atom is -1.00 e. The molecule has 36 atom stereocenters. The quantitative estimate of drug-likeness (QED) is 0.0569. The SMILES string of the molecule is C.C.CC(C)(C)[Si](C)(C)Cl.CO.COC(=O)CC[C@@H](C)[C@H]1CC[C@H]2[C@@H]3CC[C@@H]4C[C@H](C)CC[C@]4(C)[C@H]3CC[C@]12C.COC(=O)CC[C@@H](C)[C@H]1CC[C@H]2[C@@H]3CC[C@@H]4C[C@H](O)CC[C@]4(C)[C@H]3CC[C@]12C.C[C@@H]1CC[C@@]2(C)[C@H](CC[C@@H]3[C@@H]2CC[C@]2(C)[C@@H]([C@H](C)CCCO)CC[C@@H]32)C1.C[C@H](CCC(=O)O)[C@H]1CC[C@H]2[C@@H]3CC[C@@H]4C[C@H](O)CC[C@]4(C)[C@H]3CC[C@]12C.[B].[H-].[Na+]. The number of fused-ring (bicyclic) bond motifs is 20. The molecule has 0 aromatic carbocycles. The molecule has 16 rings (SSSR count). The third kappa shape index (κ3) is 22.3. The number of aliphatic hydroxyl groups is 4. The van der Waals surface area contributed by atoms with Crippen molar-refractivity contribution in [2.75, 3.05) is 27.9 Å². The van der Waals surface area contributed by atoms with Crippen LogP contribution in [0.25, 0.3) is 0 Å². The number of esters is 2. The number of carboxylic acid groups (broad SMARTS) is 1. The van der Waals surface area contributed by atoms with Gasteiger partial charge in [0.05, 0.1) is 26.4 Å². The van der Waals surface area contributed by atoms with Gasteiger partial charge in [0.1, 0.15) is 0 Å². The molecule has 0 heterocycles. The monoisotopic (exact) mass is 1760 g/mol. The van der Waals surface area contributed by atoms with Crippen molar-refractivity contribution in [3.8, 4) is 0 Å². The first kappa shape index (κ1) is 110. The zero-order valence-electron chi connectivity index (χ0n) is 83.7. The summed E-state index contributed by atoms with van der Waals surface area (Å²) < 4.78 is 9.77. The van der Waals surface area contributed by atoms with E-state index in [1.807, 2.05) is 0 Å². The van der Waals surface area contributed by atoms with E-state index >= 15 is 0 Å². The number of ether oxygens (including phenoxy) is 2. The van der Waals surface area contributed by atoms with Crippen molar-refractivity contribution in [3.63, 3.8) is 0 Å². The van der Waals surface area contributed by atoms with Crippen LogP contribution in [-0.2, 0) is 23.9 Å². The second-order valence-electron chi connectivity index (χ2n) is 49.8. The van der Waals surface area contributed by atoms with Crippen molar-refractivity contribution in [1.82, 2.24) is 0 Å². The molecule has 5 N–H and O–H groups in total. The molecule has 0 aromatic heterocycles. The molecule has 0 spiro atoms. The minimum atomic E-state index is -1.39. The molecule has 0 saturated heterocycles. The summed E-state index contributed by atoms with van der Waals surface area (Å²) in [7, 11) is 2.63. The van der Waals surface area contributed by atoms with Gasteiger partial charge in [0, 0.05) is 41.4 Å². The first-order valence-electron chi connectivity index (χ1n) is 51.4. The zero-order valence-corrected chi connectivity index (χ0v) is 86.5. The summed E-state index contributed by atoms with van der Waals surface area (Å²) in [5, 5.41) is 46.1. The standard InChI is InChI=1S/C26H44O2.C25H42O3.C25H44O.C24H40O3.C6H15ClSi.CH4O.2CH4.B.Na.H/c1-17-12-14-25(3)19(16-17)7-8-20-22-10-9-21(18(2)6-11-24(27)28-5)26(22,4)15-13-23(20)25;1-16(5-10-23(27)28-4)20-8-9-21-19-7-6-17-15-18(26)11-13-24(17,2)22(19)12-14-25(20,21)3;1-17-11-13-24(3)19(16-17)7-8-20-22-10-9-21(18(2)6-5-15-26)25(22,4)14-12-23(20)24;1-15(4-9-22(26)27)19-7-8-20-18-6-5-16-14-17(25)10-12-23(16,2)21(18)11-13-24(19,20)3;1-6(2,3)8(4,5)7;1-2;;;;;/h17-23H,6-16H2,1-5H3;16-22,26H,5-15H2,1-4H3;17-23,26H,5-16H2,1-4H3;15-21,25H,4-14H2,1-3H3,(H,26,27);1-5H3;2H,1H3;2*1H4;;;/q;;;;;;;;;+1;-1/t17-,18-,19-,20+,21-,22+,23+,25+,26-;16-,17-,18-,19+,20-,21+,22+,24+,25-;17-,18-,19-,20+,21-,22+,23+,24+,25-;15-,16-,17-,18+,19-,20+,21+,23+,24-;;;;;;;/m1111......./s1. The number of carboxylic acids is 1. The van der Waals surface area contributed by atoms with Crippen molar-refractivity contribution in [3.05, 3.63) is 0 Å². The Labute approximate surface area is 789 Å². The van der Waals surface area contributed by atoms with E-state index in [2.05, 4.69) is 131 Å². The van der Waals surface area contributed by atoms with Crippen LogP contribution in [0.15, 0.2) is 0 Å². The largest absolute Gasteiger partial charge is 1.00 e. The third-order valence-corrected chi connectivity index (χ3v) is 48.9. The Balaban J connectivity index is 0.000000243. The number of aliphatic carboxylic acids is 1. The number of hydrogen-bond donors (Lipinski definition) is 5.